The second-order valence-corrected chi connectivity index (χ2v) is 7.68. The monoisotopic (exact) mass is 329 g/mol. The topological polar surface area (TPSA) is 67.4 Å². The van der Waals surface area contributed by atoms with Gasteiger partial charge in [0.15, 0.2) is 11.6 Å². The van der Waals surface area contributed by atoms with Crippen LogP contribution in [0, 0.1) is 0 Å². The molecule has 0 aromatic carbocycles. The van der Waals surface area contributed by atoms with Crippen molar-refractivity contribution in [3.8, 4) is 0 Å². The molecule has 0 aromatic heterocycles. The van der Waals surface area contributed by atoms with E-state index in [0.717, 1.165) is 0 Å². The van der Waals surface area contributed by atoms with Crippen LogP contribution < -0.4 is 5.32 Å². The molecule has 4 fully saturated rings. The van der Waals surface area contributed by atoms with Gasteiger partial charge in [0.25, 0.3) is 0 Å². The third-order valence-electron chi connectivity index (χ3n) is 4.82. The maximum atomic E-state index is 5.94. The van der Waals surface area contributed by atoms with Gasteiger partial charge in [0.2, 0.25) is 0 Å². The molecular weight excluding hydrogens is 302 g/mol. The van der Waals surface area contributed by atoms with Gasteiger partial charge in [-0.3, -0.25) is 0 Å². The molecule has 1 N–H and O–H groups in total. The van der Waals surface area contributed by atoms with Crippen LogP contribution in [-0.2, 0) is 28.4 Å². The first-order chi connectivity index (χ1) is 10.8. The Morgan fingerprint density at radius 1 is 0.739 bits per heavy atom. The second-order valence-electron chi connectivity index (χ2n) is 7.68. The smallest absolute Gasteiger partial charge is 0.164 e. The van der Waals surface area contributed by atoms with Crippen LogP contribution in [0.2, 0.25) is 0 Å². The van der Waals surface area contributed by atoms with Crippen LogP contribution >= 0.6 is 0 Å². The van der Waals surface area contributed by atoms with Crippen LogP contribution in [0.3, 0.4) is 0 Å². The summed E-state index contributed by atoms with van der Waals surface area (Å²) in [7, 11) is 0. The van der Waals surface area contributed by atoms with E-state index in [4.69, 9.17) is 28.4 Å². The molecule has 0 bridgehead atoms. The Bertz CT molecular complexity index is 416. The van der Waals surface area contributed by atoms with Gasteiger partial charge in [0.1, 0.15) is 24.4 Å². The number of fused-ring (bicyclic) bond motifs is 2. The van der Waals surface area contributed by atoms with Crippen LogP contribution in [0.5, 0.6) is 0 Å². The number of hydrogen-bond acceptors (Lipinski definition) is 7. The Balaban J connectivity index is 1.25. The molecule has 6 atom stereocenters. The molecule has 0 saturated carbocycles. The van der Waals surface area contributed by atoms with Crippen molar-refractivity contribution in [1.82, 2.24) is 5.32 Å². The average molecular weight is 329 g/mol. The summed E-state index contributed by atoms with van der Waals surface area (Å²) < 4.78 is 35.1. The lowest BCUT2D eigenvalue weighted by atomic mass is 10.1. The number of hydrogen-bond donors (Lipinski definition) is 1. The highest BCUT2D eigenvalue weighted by Gasteiger charge is 2.51. The molecular formula is C16H27NO6. The first-order valence-electron chi connectivity index (χ1n) is 8.48. The standard InChI is InChI=1S/C16H27NO6/c1-15(2)20-11-7-18-9(13(11)22-15)5-17-6-10-14-12(8-19-10)21-16(3,4)23-14/h9-14,17H,5-8H2,1-4H3. The first-order valence-corrected chi connectivity index (χ1v) is 8.48. The molecule has 4 rings (SSSR count). The SMILES string of the molecule is CC1(C)OC2COC(CNCC3OCC4OC(C)(C)OC34)C2O1. The van der Waals surface area contributed by atoms with E-state index in [1.165, 1.54) is 0 Å². The predicted octanol–water partition coefficient (Wildman–Crippen LogP) is 0.414. The van der Waals surface area contributed by atoms with Gasteiger partial charge < -0.3 is 33.7 Å². The molecule has 6 unspecified atom stereocenters. The Labute approximate surface area is 136 Å². The highest BCUT2D eigenvalue weighted by molar-refractivity contribution is 4.95. The molecule has 7 heteroatoms. The summed E-state index contributed by atoms with van der Waals surface area (Å²) >= 11 is 0. The number of ether oxygens (including phenoxy) is 6. The predicted molar refractivity (Wildman–Crippen MR) is 80.0 cm³/mol. The molecule has 0 aromatic rings. The number of rotatable bonds is 4. The van der Waals surface area contributed by atoms with Gasteiger partial charge in [-0.25, -0.2) is 0 Å². The summed E-state index contributed by atoms with van der Waals surface area (Å²) in [4.78, 5) is 0. The summed E-state index contributed by atoms with van der Waals surface area (Å²) in [5.41, 5.74) is 0. The minimum absolute atomic E-state index is 0.000239. The van der Waals surface area contributed by atoms with Gasteiger partial charge >= 0.3 is 0 Å². The van der Waals surface area contributed by atoms with E-state index in [0.29, 0.717) is 26.3 Å². The molecule has 7 nitrogen and oxygen atoms in total. The van der Waals surface area contributed by atoms with E-state index in [1.807, 2.05) is 27.7 Å². The van der Waals surface area contributed by atoms with Gasteiger partial charge in [-0.05, 0) is 27.7 Å². The van der Waals surface area contributed by atoms with E-state index in [-0.39, 0.29) is 36.6 Å². The van der Waals surface area contributed by atoms with Gasteiger partial charge in [-0.1, -0.05) is 0 Å². The fourth-order valence-electron chi connectivity index (χ4n) is 3.96. The molecule has 0 amide bonds. The largest absolute Gasteiger partial charge is 0.371 e. The zero-order valence-electron chi connectivity index (χ0n) is 14.2. The minimum atomic E-state index is -0.514. The molecule has 4 aliphatic rings. The molecule has 132 valence electrons. The first kappa shape index (κ1) is 16.2. The zero-order chi connectivity index (χ0) is 16.2. The lowest BCUT2D eigenvalue weighted by molar-refractivity contribution is -0.176. The van der Waals surface area contributed by atoms with Crippen molar-refractivity contribution in [3.05, 3.63) is 0 Å². The fourth-order valence-corrected chi connectivity index (χ4v) is 3.96. The van der Waals surface area contributed by atoms with E-state index in [9.17, 15) is 0 Å². The van der Waals surface area contributed by atoms with Crippen LogP contribution in [0.1, 0.15) is 27.7 Å². The van der Waals surface area contributed by atoms with Gasteiger partial charge in [-0.2, -0.15) is 0 Å². The van der Waals surface area contributed by atoms with E-state index < -0.39 is 11.6 Å². The second kappa shape index (κ2) is 5.62. The molecule has 0 aliphatic carbocycles. The van der Waals surface area contributed by atoms with Gasteiger partial charge in [0, 0.05) is 13.1 Å². The summed E-state index contributed by atoms with van der Waals surface area (Å²) in [6.07, 6.45) is 0.0966. The van der Waals surface area contributed by atoms with Crippen LogP contribution in [0.4, 0.5) is 0 Å². The van der Waals surface area contributed by atoms with Crippen molar-refractivity contribution in [2.24, 2.45) is 0 Å². The molecule has 0 spiro atoms. The van der Waals surface area contributed by atoms with Crippen molar-refractivity contribution in [2.45, 2.75) is 75.9 Å². The molecule has 23 heavy (non-hydrogen) atoms. The third-order valence-corrected chi connectivity index (χ3v) is 4.82. The van der Waals surface area contributed by atoms with Crippen molar-refractivity contribution in [1.29, 1.82) is 0 Å². The van der Waals surface area contributed by atoms with Crippen LogP contribution in [-0.4, -0.2) is 74.5 Å². The Hall–Kier alpha value is -0.280. The average Bonchev–Trinajstić information content (AvgIpc) is 3.11. The van der Waals surface area contributed by atoms with Gasteiger partial charge in [0.05, 0.1) is 25.4 Å². The molecule has 4 aliphatic heterocycles. The molecule has 4 heterocycles. The van der Waals surface area contributed by atoms with Crippen LogP contribution in [0.25, 0.3) is 0 Å². The summed E-state index contributed by atoms with van der Waals surface area (Å²) in [6, 6.07) is 0. The van der Waals surface area contributed by atoms with Crippen molar-refractivity contribution >= 4 is 0 Å². The van der Waals surface area contributed by atoms with Crippen molar-refractivity contribution in [3.63, 3.8) is 0 Å². The normalized spacial score (nSPS) is 47.0. The Kier molecular flexibility index (Phi) is 3.96. The quantitative estimate of drug-likeness (QED) is 0.801. The summed E-state index contributed by atoms with van der Waals surface area (Å²) in [5.74, 6) is -1.03. The fraction of sp³-hybridized carbons (Fsp3) is 1.00. The van der Waals surface area contributed by atoms with E-state index in [2.05, 4.69) is 5.32 Å². The van der Waals surface area contributed by atoms with Crippen molar-refractivity contribution < 1.29 is 28.4 Å². The number of nitrogens with one attached hydrogen (secondary N) is 1. The Morgan fingerprint density at radius 2 is 1.17 bits per heavy atom. The van der Waals surface area contributed by atoms with Crippen LogP contribution in [0.15, 0.2) is 0 Å². The van der Waals surface area contributed by atoms with Crippen molar-refractivity contribution in [2.75, 3.05) is 26.3 Å². The highest BCUT2D eigenvalue weighted by atomic mass is 16.8. The summed E-state index contributed by atoms with van der Waals surface area (Å²) in [5, 5.41) is 3.43. The summed E-state index contributed by atoms with van der Waals surface area (Å²) in [6.45, 7) is 10.4. The maximum absolute atomic E-state index is 5.94. The Morgan fingerprint density at radius 3 is 1.61 bits per heavy atom. The highest BCUT2D eigenvalue weighted by Crippen LogP contribution is 2.36. The molecule has 4 saturated heterocycles. The third kappa shape index (κ3) is 3.16. The van der Waals surface area contributed by atoms with E-state index in [1.54, 1.807) is 0 Å². The maximum Gasteiger partial charge on any atom is 0.164 e. The zero-order valence-corrected chi connectivity index (χ0v) is 14.2. The lowest BCUT2D eigenvalue weighted by Crippen LogP contribution is -2.43. The van der Waals surface area contributed by atoms with Gasteiger partial charge in [-0.15, -0.1) is 0 Å². The lowest BCUT2D eigenvalue weighted by Gasteiger charge is -2.24. The minimum Gasteiger partial charge on any atom is -0.371 e. The van der Waals surface area contributed by atoms with E-state index >= 15 is 0 Å². The molecule has 0 radical (unpaired) electrons.